The van der Waals surface area contributed by atoms with Crippen molar-refractivity contribution >= 4 is 40.0 Å². The van der Waals surface area contributed by atoms with Crippen molar-refractivity contribution in [2.75, 3.05) is 5.88 Å². The molecule has 0 spiro atoms. The molecule has 1 aromatic carbocycles. The van der Waals surface area contributed by atoms with Gasteiger partial charge in [-0.05, 0) is 47.2 Å². The van der Waals surface area contributed by atoms with Crippen LogP contribution in [0.4, 0.5) is 4.39 Å². The van der Waals surface area contributed by atoms with Crippen molar-refractivity contribution in [3.05, 3.63) is 32.6 Å². The zero-order chi connectivity index (χ0) is 10.0. The van der Waals surface area contributed by atoms with E-state index < -0.39 is 0 Å². The molecule has 4 heteroatoms. The zero-order valence-electron chi connectivity index (χ0n) is 6.90. The van der Waals surface area contributed by atoms with E-state index in [4.69, 9.17) is 11.6 Å². The van der Waals surface area contributed by atoms with E-state index in [1.54, 1.807) is 13.0 Å². The van der Waals surface area contributed by atoms with E-state index in [1.165, 1.54) is 6.07 Å². The average molecular weight is 313 g/mol. The van der Waals surface area contributed by atoms with Crippen molar-refractivity contribution < 1.29 is 9.18 Å². The second-order valence-corrected chi connectivity index (χ2v) is 4.02. The Balaban J connectivity index is 3.33. The molecule has 1 aromatic rings. The van der Waals surface area contributed by atoms with Gasteiger partial charge in [0.2, 0.25) is 0 Å². The Morgan fingerprint density at radius 2 is 2.23 bits per heavy atom. The van der Waals surface area contributed by atoms with Crippen LogP contribution >= 0.6 is 34.2 Å². The monoisotopic (exact) mass is 312 g/mol. The summed E-state index contributed by atoms with van der Waals surface area (Å²) in [6.07, 6.45) is 0. The Morgan fingerprint density at radius 3 is 2.77 bits per heavy atom. The summed E-state index contributed by atoms with van der Waals surface area (Å²) < 4.78 is 13.8. The highest BCUT2D eigenvalue weighted by Gasteiger charge is 2.14. The maximum Gasteiger partial charge on any atom is 0.179 e. The fourth-order valence-electron chi connectivity index (χ4n) is 1.06. The number of rotatable bonds is 2. The Kier molecular flexibility index (Phi) is 3.67. The van der Waals surface area contributed by atoms with E-state index in [1.807, 2.05) is 22.6 Å². The van der Waals surface area contributed by atoms with Gasteiger partial charge in [-0.2, -0.15) is 0 Å². The van der Waals surface area contributed by atoms with Crippen LogP contribution in [0.15, 0.2) is 12.1 Å². The van der Waals surface area contributed by atoms with Gasteiger partial charge in [-0.1, -0.05) is 0 Å². The van der Waals surface area contributed by atoms with Crippen molar-refractivity contribution in [1.29, 1.82) is 0 Å². The second kappa shape index (κ2) is 4.37. The summed E-state index contributed by atoms with van der Waals surface area (Å²) in [4.78, 5) is 11.3. The number of halogens is 3. The topological polar surface area (TPSA) is 17.1 Å². The molecule has 0 aliphatic rings. The minimum atomic E-state index is -0.367. The lowest BCUT2D eigenvalue weighted by Gasteiger charge is -2.06. The molecule has 0 fully saturated rings. The van der Waals surface area contributed by atoms with Crippen molar-refractivity contribution in [2.24, 2.45) is 0 Å². The molecule has 13 heavy (non-hydrogen) atoms. The van der Waals surface area contributed by atoms with Gasteiger partial charge in [0, 0.05) is 9.13 Å². The minimum Gasteiger partial charge on any atom is -0.293 e. The molecule has 0 saturated heterocycles. The molecule has 0 unspecified atom stereocenters. The first-order valence-electron chi connectivity index (χ1n) is 3.61. The highest BCUT2D eigenvalue weighted by atomic mass is 127. The molecule has 1 nitrogen and oxygen atoms in total. The van der Waals surface area contributed by atoms with Crippen molar-refractivity contribution in [1.82, 2.24) is 0 Å². The Hall–Kier alpha value is -0.160. The maximum absolute atomic E-state index is 13.1. The van der Waals surface area contributed by atoms with E-state index in [0.29, 0.717) is 11.1 Å². The van der Waals surface area contributed by atoms with Crippen LogP contribution in [0.2, 0.25) is 0 Å². The summed E-state index contributed by atoms with van der Waals surface area (Å²) in [7, 11) is 0. The highest BCUT2D eigenvalue weighted by Crippen LogP contribution is 2.20. The van der Waals surface area contributed by atoms with E-state index >= 15 is 0 Å². The molecule has 0 aliphatic heterocycles. The molecule has 0 saturated carbocycles. The average Bonchev–Trinajstić information content (AvgIpc) is 2.12. The molecule has 0 atom stereocenters. The summed E-state index contributed by atoms with van der Waals surface area (Å²) >= 11 is 7.40. The van der Waals surface area contributed by atoms with Gasteiger partial charge in [-0.3, -0.25) is 4.79 Å². The van der Waals surface area contributed by atoms with Crippen LogP contribution in [0.1, 0.15) is 15.9 Å². The fourth-order valence-corrected chi connectivity index (χ4v) is 2.08. The van der Waals surface area contributed by atoms with Gasteiger partial charge in [0.1, 0.15) is 5.82 Å². The molecule has 0 heterocycles. The quantitative estimate of drug-likeness (QED) is 0.466. The summed E-state index contributed by atoms with van der Waals surface area (Å²) in [5.74, 6) is -0.711. The lowest BCUT2D eigenvalue weighted by molar-refractivity contribution is 0.101. The standard InChI is InChI=1S/C9H7ClFIO/c1-5-6(11)2-3-7(12)9(5)8(13)4-10/h2-3H,4H2,1H3. The van der Waals surface area contributed by atoms with Crippen LogP contribution in [0.25, 0.3) is 0 Å². The molecule has 0 amide bonds. The molecule has 0 N–H and O–H groups in total. The fraction of sp³-hybridized carbons (Fsp3) is 0.222. The van der Waals surface area contributed by atoms with Gasteiger partial charge >= 0.3 is 0 Å². The smallest absolute Gasteiger partial charge is 0.179 e. The van der Waals surface area contributed by atoms with Crippen LogP contribution in [0, 0.1) is 16.3 Å². The van der Waals surface area contributed by atoms with Gasteiger partial charge in [-0.15, -0.1) is 11.6 Å². The molecule has 0 bridgehead atoms. The first-order valence-corrected chi connectivity index (χ1v) is 5.23. The second-order valence-electron chi connectivity index (χ2n) is 2.59. The van der Waals surface area contributed by atoms with Crippen LogP contribution in [-0.4, -0.2) is 11.7 Å². The lowest BCUT2D eigenvalue weighted by atomic mass is 10.1. The maximum atomic E-state index is 13.1. The predicted octanol–water partition coefficient (Wildman–Crippen LogP) is 3.16. The molecule has 0 aromatic heterocycles. The number of hydrogen-bond donors (Lipinski definition) is 0. The SMILES string of the molecule is Cc1c(F)ccc(I)c1C(=O)CCl. The van der Waals surface area contributed by atoms with Crippen LogP contribution in [-0.2, 0) is 0 Å². The molecular weight excluding hydrogens is 305 g/mol. The molecule has 70 valence electrons. The van der Waals surface area contributed by atoms with E-state index in [9.17, 15) is 9.18 Å². The van der Waals surface area contributed by atoms with Gasteiger partial charge in [0.25, 0.3) is 0 Å². The summed E-state index contributed by atoms with van der Waals surface area (Å²) in [5, 5.41) is 0. The first-order chi connectivity index (χ1) is 6.07. The summed E-state index contributed by atoms with van der Waals surface area (Å²) in [5.41, 5.74) is 0.771. The van der Waals surface area contributed by atoms with Gasteiger partial charge in [-0.25, -0.2) is 4.39 Å². The van der Waals surface area contributed by atoms with Crippen molar-refractivity contribution in [3.8, 4) is 0 Å². The normalized spacial score (nSPS) is 10.2. The Morgan fingerprint density at radius 1 is 1.62 bits per heavy atom. The number of ketones is 1. The van der Waals surface area contributed by atoms with Gasteiger partial charge < -0.3 is 0 Å². The van der Waals surface area contributed by atoms with E-state index in [0.717, 1.165) is 3.57 Å². The number of alkyl halides is 1. The lowest BCUT2D eigenvalue weighted by Crippen LogP contribution is -2.07. The number of carbonyl (C=O) groups is 1. The zero-order valence-corrected chi connectivity index (χ0v) is 9.82. The van der Waals surface area contributed by atoms with E-state index in [-0.39, 0.29) is 17.5 Å². The van der Waals surface area contributed by atoms with Crippen LogP contribution < -0.4 is 0 Å². The molecule has 1 rings (SSSR count). The largest absolute Gasteiger partial charge is 0.293 e. The van der Waals surface area contributed by atoms with Gasteiger partial charge in [0.15, 0.2) is 5.78 Å². The van der Waals surface area contributed by atoms with E-state index in [2.05, 4.69) is 0 Å². The third kappa shape index (κ3) is 2.20. The number of Topliss-reactive ketones (excluding diaryl/α,β-unsaturated/α-hetero) is 1. The highest BCUT2D eigenvalue weighted by molar-refractivity contribution is 14.1. The Labute approximate surface area is 94.4 Å². The van der Waals surface area contributed by atoms with Crippen LogP contribution in [0.5, 0.6) is 0 Å². The van der Waals surface area contributed by atoms with Gasteiger partial charge in [0.05, 0.1) is 5.88 Å². The molecule has 0 radical (unpaired) electrons. The first kappa shape index (κ1) is 10.9. The third-order valence-corrected chi connectivity index (χ3v) is 2.89. The summed E-state index contributed by atoms with van der Waals surface area (Å²) in [6, 6.07) is 2.92. The predicted molar refractivity (Wildman–Crippen MR) is 58.9 cm³/mol. The molecular formula is C9H7ClFIO. The third-order valence-electron chi connectivity index (χ3n) is 1.75. The molecule has 0 aliphatic carbocycles. The van der Waals surface area contributed by atoms with Crippen molar-refractivity contribution in [2.45, 2.75) is 6.92 Å². The van der Waals surface area contributed by atoms with Crippen molar-refractivity contribution in [3.63, 3.8) is 0 Å². The minimum absolute atomic E-state index is 0.111. The number of hydrogen-bond acceptors (Lipinski definition) is 1. The van der Waals surface area contributed by atoms with Crippen LogP contribution in [0.3, 0.4) is 0 Å². The number of carbonyl (C=O) groups excluding carboxylic acids is 1. The Bertz CT molecular complexity index is 352. The summed E-state index contributed by atoms with van der Waals surface area (Å²) in [6.45, 7) is 1.58. The number of benzene rings is 1.